The molecule has 2 N–H and O–H groups in total. The molecule has 0 saturated heterocycles. The van der Waals surface area contributed by atoms with Gasteiger partial charge in [-0.25, -0.2) is 4.79 Å². The van der Waals surface area contributed by atoms with E-state index in [2.05, 4.69) is 9.47 Å². The summed E-state index contributed by atoms with van der Waals surface area (Å²) in [5, 5.41) is 20.5. The highest BCUT2D eigenvalue weighted by Crippen LogP contribution is 2.66. The van der Waals surface area contributed by atoms with Gasteiger partial charge in [0.2, 0.25) is 0 Å². The molecule has 0 aromatic carbocycles. The van der Waals surface area contributed by atoms with Crippen molar-refractivity contribution in [3.8, 4) is 0 Å². The maximum atomic E-state index is 13.3. The Hall–Kier alpha value is -2.32. The molecule has 0 heterocycles. The Bertz CT molecular complexity index is 912. The van der Waals surface area contributed by atoms with Crippen molar-refractivity contribution < 1.29 is 38.9 Å². The van der Waals surface area contributed by atoms with Gasteiger partial charge >= 0.3 is 6.16 Å². The zero-order valence-electron chi connectivity index (χ0n) is 20.5. The van der Waals surface area contributed by atoms with Crippen molar-refractivity contribution in [2.75, 3.05) is 19.8 Å². The van der Waals surface area contributed by atoms with Crippen LogP contribution >= 0.6 is 0 Å². The third-order valence-corrected chi connectivity index (χ3v) is 8.54. The molecule has 3 saturated carbocycles. The number of aliphatic hydroxyl groups is 2. The van der Waals surface area contributed by atoms with Gasteiger partial charge in [-0.1, -0.05) is 25.5 Å². The Morgan fingerprint density at radius 3 is 2.35 bits per heavy atom. The second-order valence-electron chi connectivity index (χ2n) is 10.1. The summed E-state index contributed by atoms with van der Waals surface area (Å²) >= 11 is 0. The minimum Gasteiger partial charge on any atom is -0.435 e. The fraction of sp³-hybridized carbons (Fsp3) is 0.692. The zero-order valence-corrected chi connectivity index (χ0v) is 20.5. The van der Waals surface area contributed by atoms with Crippen LogP contribution in [0, 0.1) is 28.6 Å². The fourth-order valence-corrected chi connectivity index (χ4v) is 6.90. The summed E-state index contributed by atoms with van der Waals surface area (Å²) in [6.07, 6.45) is 7.24. The van der Waals surface area contributed by atoms with Crippen molar-refractivity contribution in [3.63, 3.8) is 0 Å². The molecule has 0 aromatic rings. The number of carbonyl (C=O) groups is 4. The molecule has 0 spiro atoms. The highest BCUT2D eigenvalue weighted by atomic mass is 16.7. The van der Waals surface area contributed by atoms with Crippen molar-refractivity contribution >= 4 is 23.5 Å². The van der Waals surface area contributed by atoms with Gasteiger partial charge in [0, 0.05) is 23.2 Å². The van der Waals surface area contributed by atoms with Gasteiger partial charge < -0.3 is 19.7 Å². The van der Waals surface area contributed by atoms with Crippen LogP contribution in [0.15, 0.2) is 23.8 Å². The molecule has 0 radical (unpaired) electrons. The molecular weight excluding hydrogens is 440 g/mol. The van der Waals surface area contributed by atoms with E-state index in [9.17, 15) is 29.4 Å². The summed E-state index contributed by atoms with van der Waals surface area (Å²) in [5.41, 5.74) is -1.86. The quantitative estimate of drug-likeness (QED) is 0.593. The first-order valence-corrected chi connectivity index (χ1v) is 12.1. The maximum Gasteiger partial charge on any atom is 0.508 e. The van der Waals surface area contributed by atoms with Gasteiger partial charge in [0.05, 0.1) is 13.2 Å². The molecule has 6 atom stereocenters. The molecule has 0 amide bonds. The van der Waals surface area contributed by atoms with Crippen molar-refractivity contribution in [1.82, 2.24) is 0 Å². The average molecular weight is 477 g/mol. The van der Waals surface area contributed by atoms with Gasteiger partial charge in [0.25, 0.3) is 0 Å². The van der Waals surface area contributed by atoms with Crippen molar-refractivity contribution in [1.29, 1.82) is 0 Å². The molecule has 0 unspecified atom stereocenters. The first kappa shape index (κ1) is 26.3. The van der Waals surface area contributed by atoms with Crippen LogP contribution in [-0.2, 0) is 23.9 Å². The summed E-state index contributed by atoms with van der Waals surface area (Å²) in [7, 11) is 0. The molecular formula is C26H36O8. The minimum atomic E-state index is -1.62. The topological polar surface area (TPSA) is 127 Å². The minimum absolute atomic E-state index is 0.0206. The van der Waals surface area contributed by atoms with E-state index in [1.165, 1.54) is 0 Å². The highest BCUT2D eigenvalue weighted by Gasteiger charge is 2.68. The molecule has 4 rings (SSSR count). The van der Waals surface area contributed by atoms with Crippen LogP contribution in [0.5, 0.6) is 0 Å². The molecule has 0 aliphatic heterocycles. The van der Waals surface area contributed by atoms with Gasteiger partial charge in [-0.05, 0) is 63.5 Å². The van der Waals surface area contributed by atoms with Crippen molar-refractivity contribution in [2.24, 2.45) is 28.6 Å². The number of ether oxygens (including phenoxy) is 2. The summed E-state index contributed by atoms with van der Waals surface area (Å²) < 4.78 is 8.84. The van der Waals surface area contributed by atoms with Crippen LogP contribution in [0.25, 0.3) is 0 Å². The second kappa shape index (κ2) is 9.74. The van der Waals surface area contributed by atoms with E-state index in [-0.39, 0.29) is 35.7 Å². The molecule has 188 valence electrons. The Labute approximate surface area is 200 Å². The lowest BCUT2D eigenvalue weighted by Gasteiger charge is -2.56. The Kier molecular flexibility index (Phi) is 7.53. The number of allylic oxidation sites excluding steroid dienone is 4. The predicted octanol–water partition coefficient (Wildman–Crippen LogP) is 2.95. The number of hydrogen-bond acceptors (Lipinski definition) is 8. The first-order valence-electron chi connectivity index (χ1n) is 12.1. The summed E-state index contributed by atoms with van der Waals surface area (Å²) in [4.78, 5) is 47.6. The molecule has 4 aliphatic carbocycles. The van der Waals surface area contributed by atoms with Gasteiger partial charge in [0.1, 0.15) is 18.0 Å². The molecule has 8 nitrogen and oxygen atoms in total. The van der Waals surface area contributed by atoms with Crippen LogP contribution in [-0.4, -0.2) is 59.1 Å². The van der Waals surface area contributed by atoms with Gasteiger partial charge in [-0.15, -0.1) is 0 Å². The van der Waals surface area contributed by atoms with Gasteiger partial charge in [0.15, 0.2) is 11.6 Å². The highest BCUT2D eigenvalue weighted by molar-refractivity contribution is 6.02. The number of ketones is 3. The van der Waals surface area contributed by atoms with Crippen molar-refractivity contribution in [3.05, 3.63) is 23.8 Å². The number of aliphatic hydroxyl groups excluding tert-OH is 1. The lowest BCUT2D eigenvalue weighted by Crippen LogP contribution is -2.60. The van der Waals surface area contributed by atoms with E-state index < -0.39 is 35.0 Å². The van der Waals surface area contributed by atoms with Crippen LogP contribution in [0.4, 0.5) is 4.79 Å². The summed E-state index contributed by atoms with van der Waals surface area (Å²) in [6, 6.07) is 0. The SMILES string of the molecule is CCOC(=O)OCC.C[C@]12C=CC(=O)C=C1CC[C@@H]1[C@@H]2C(=O)C[C@@]2(C)[C@H]1CC[C@]2(O)C(=O)CO. The standard InChI is InChI=1S/C21H26O5.C5H10O3/c1-19-7-5-13(23)9-12(19)3-4-14-15-6-8-21(26,17(25)11-22)20(15,2)10-16(24)18(14)19;1-3-7-5(6)8-4-2/h5,7,9,14-15,18,22,26H,3-4,6,8,10-11H2,1-2H3;3-4H2,1-2H3/t14-,15-,18+,19-,20-,21-;/m0./s1. The molecule has 4 aliphatic rings. The van der Waals surface area contributed by atoms with Crippen LogP contribution in [0.2, 0.25) is 0 Å². The molecule has 8 heteroatoms. The third-order valence-electron chi connectivity index (χ3n) is 8.54. The van der Waals surface area contributed by atoms with E-state index in [1.807, 2.05) is 19.9 Å². The number of fused-ring (bicyclic) bond motifs is 5. The number of rotatable bonds is 4. The first-order chi connectivity index (χ1) is 16.0. The molecule has 3 fully saturated rings. The molecule has 0 aromatic heterocycles. The van der Waals surface area contributed by atoms with Crippen LogP contribution in [0.1, 0.15) is 59.8 Å². The second-order valence-corrected chi connectivity index (χ2v) is 10.1. The van der Waals surface area contributed by atoms with E-state index in [0.29, 0.717) is 26.1 Å². The Balaban J connectivity index is 0.000000350. The normalized spacial score (nSPS) is 37.9. The van der Waals surface area contributed by atoms with Gasteiger partial charge in [-0.3, -0.25) is 14.4 Å². The molecule has 0 bridgehead atoms. The van der Waals surface area contributed by atoms with Crippen LogP contribution in [0.3, 0.4) is 0 Å². The fourth-order valence-electron chi connectivity index (χ4n) is 6.90. The number of hydrogen-bond donors (Lipinski definition) is 2. The lowest BCUT2D eigenvalue weighted by atomic mass is 9.46. The number of Topliss-reactive ketones (excluding diaryl/α,β-unsaturated/α-hetero) is 2. The van der Waals surface area contributed by atoms with Gasteiger partial charge in [-0.2, -0.15) is 0 Å². The van der Waals surface area contributed by atoms with E-state index in [1.54, 1.807) is 26.0 Å². The largest absolute Gasteiger partial charge is 0.508 e. The predicted molar refractivity (Wildman–Crippen MR) is 123 cm³/mol. The Morgan fingerprint density at radius 2 is 1.76 bits per heavy atom. The van der Waals surface area contributed by atoms with Crippen molar-refractivity contribution in [2.45, 2.75) is 65.4 Å². The maximum absolute atomic E-state index is 13.3. The molecule has 34 heavy (non-hydrogen) atoms. The van der Waals surface area contributed by atoms with E-state index in [4.69, 9.17) is 0 Å². The van der Waals surface area contributed by atoms with Crippen LogP contribution < -0.4 is 0 Å². The monoisotopic (exact) mass is 476 g/mol. The zero-order chi connectivity index (χ0) is 25.3. The summed E-state index contributed by atoms with van der Waals surface area (Å²) in [5.74, 6) is -0.590. The Morgan fingerprint density at radius 1 is 1.12 bits per heavy atom. The third kappa shape index (κ3) is 4.15. The van der Waals surface area contributed by atoms with E-state index in [0.717, 1.165) is 18.4 Å². The number of carbonyl (C=O) groups excluding carboxylic acids is 4. The smallest absolute Gasteiger partial charge is 0.435 e. The van der Waals surface area contributed by atoms with E-state index >= 15 is 0 Å². The average Bonchev–Trinajstić information content (AvgIpc) is 3.05. The lowest BCUT2D eigenvalue weighted by molar-refractivity contribution is -0.168. The summed E-state index contributed by atoms with van der Waals surface area (Å²) in [6.45, 7) is 7.40.